The Morgan fingerprint density at radius 1 is 1.43 bits per heavy atom. The van der Waals surface area contributed by atoms with Crippen molar-refractivity contribution in [3.05, 3.63) is 17.5 Å². The van der Waals surface area contributed by atoms with Crippen LogP contribution in [0.4, 0.5) is 0 Å². The molecule has 1 fully saturated rings. The fourth-order valence-corrected chi connectivity index (χ4v) is 3.07. The van der Waals surface area contributed by atoms with Gasteiger partial charge in [-0.1, -0.05) is 6.07 Å². The highest BCUT2D eigenvalue weighted by molar-refractivity contribution is 7.13. The van der Waals surface area contributed by atoms with Gasteiger partial charge in [0, 0.05) is 13.1 Å². The highest BCUT2D eigenvalue weighted by Crippen LogP contribution is 2.19. The molecule has 8 heteroatoms. The first-order valence-corrected chi connectivity index (χ1v) is 7.74. The first kappa shape index (κ1) is 14.2. The van der Waals surface area contributed by atoms with E-state index in [9.17, 15) is 4.79 Å². The summed E-state index contributed by atoms with van der Waals surface area (Å²) in [7, 11) is 0. The van der Waals surface area contributed by atoms with E-state index in [1.165, 1.54) is 4.80 Å². The Hall–Kier alpha value is -1.80. The van der Waals surface area contributed by atoms with Crippen LogP contribution in [0.15, 0.2) is 17.5 Å². The summed E-state index contributed by atoms with van der Waals surface area (Å²) in [6.07, 6.45) is 0.117. The van der Waals surface area contributed by atoms with E-state index in [0.717, 1.165) is 4.88 Å². The first-order valence-electron chi connectivity index (χ1n) is 6.86. The molecule has 1 aliphatic rings. The average Bonchev–Trinajstić information content (AvgIpc) is 3.07. The van der Waals surface area contributed by atoms with Gasteiger partial charge in [0.05, 0.1) is 17.1 Å². The van der Waals surface area contributed by atoms with Gasteiger partial charge in [-0.3, -0.25) is 4.79 Å². The summed E-state index contributed by atoms with van der Waals surface area (Å²) >= 11 is 1.55. The first-order chi connectivity index (χ1) is 10.1. The maximum Gasteiger partial charge on any atom is 0.246 e. The summed E-state index contributed by atoms with van der Waals surface area (Å²) in [6.45, 7) is 5.26. The van der Waals surface area contributed by atoms with Crippen LogP contribution < -0.4 is 0 Å². The molecule has 0 bridgehead atoms. The number of rotatable bonds is 3. The molecule has 2 atom stereocenters. The Balaban J connectivity index is 1.65. The fraction of sp³-hybridized carbons (Fsp3) is 0.538. The molecule has 2 aromatic rings. The number of aromatic nitrogens is 4. The smallest absolute Gasteiger partial charge is 0.246 e. The van der Waals surface area contributed by atoms with Crippen LogP contribution in [-0.4, -0.2) is 56.3 Å². The van der Waals surface area contributed by atoms with E-state index >= 15 is 0 Å². The highest BCUT2D eigenvalue weighted by atomic mass is 32.1. The molecule has 112 valence electrons. The molecule has 3 rings (SSSR count). The van der Waals surface area contributed by atoms with Crippen LogP contribution in [0.5, 0.6) is 0 Å². The number of morpholine rings is 1. The monoisotopic (exact) mass is 307 g/mol. The number of carbonyl (C=O) groups excluding carboxylic acids is 1. The summed E-state index contributed by atoms with van der Waals surface area (Å²) in [5, 5.41) is 14.1. The van der Waals surface area contributed by atoms with Crippen molar-refractivity contribution in [1.29, 1.82) is 0 Å². The van der Waals surface area contributed by atoms with Gasteiger partial charge >= 0.3 is 0 Å². The van der Waals surface area contributed by atoms with Crippen LogP contribution in [0.2, 0.25) is 0 Å². The number of amides is 1. The van der Waals surface area contributed by atoms with Crippen molar-refractivity contribution in [2.45, 2.75) is 32.6 Å². The average molecular weight is 307 g/mol. The second kappa shape index (κ2) is 5.90. The third-order valence-electron chi connectivity index (χ3n) is 3.24. The topological polar surface area (TPSA) is 73.1 Å². The molecule has 2 aromatic heterocycles. The Morgan fingerprint density at radius 2 is 2.19 bits per heavy atom. The Bertz CT molecular complexity index is 602. The summed E-state index contributed by atoms with van der Waals surface area (Å²) < 4.78 is 5.63. The van der Waals surface area contributed by atoms with Gasteiger partial charge in [0.2, 0.25) is 11.7 Å². The van der Waals surface area contributed by atoms with E-state index in [-0.39, 0.29) is 24.7 Å². The van der Waals surface area contributed by atoms with Crippen molar-refractivity contribution >= 4 is 17.2 Å². The SMILES string of the molecule is C[C@@H]1CN(C(=O)Cn2nnc(-c3cccs3)n2)C[C@@H](C)O1. The largest absolute Gasteiger partial charge is 0.372 e. The lowest BCUT2D eigenvalue weighted by Gasteiger charge is -2.35. The minimum atomic E-state index is -0.00729. The number of ether oxygens (including phenoxy) is 1. The van der Waals surface area contributed by atoms with Gasteiger partial charge in [-0.05, 0) is 30.5 Å². The Kier molecular flexibility index (Phi) is 3.98. The molecular weight excluding hydrogens is 290 g/mol. The molecule has 0 aromatic carbocycles. The number of hydrogen-bond donors (Lipinski definition) is 0. The second-order valence-corrected chi connectivity index (χ2v) is 6.12. The molecule has 0 N–H and O–H groups in total. The standard InChI is InChI=1S/C13H17N5O2S/c1-9-6-17(7-10(2)20-9)12(19)8-18-15-13(14-16-18)11-4-3-5-21-11/h3-5,9-10H,6-8H2,1-2H3/t9-,10-/m1/s1. The Morgan fingerprint density at radius 3 is 2.86 bits per heavy atom. The molecule has 0 aliphatic carbocycles. The zero-order valence-corrected chi connectivity index (χ0v) is 12.8. The molecule has 0 radical (unpaired) electrons. The van der Waals surface area contributed by atoms with Crippen LogP contribution >= 0.6 is 11.3 Å². The maximum absolute atomic E-state index is 12.3. The minimum Gasteiger partial charge on any atom is -0.372 e. The third kappa shape index (κ3) is 3.27. The maximum atomic E-state index is 12.3. The van der Waals surface area contributed by atoms with Gasteiger partial charge < -0.3 is 9.64 Å². The van der Waals surface area contributed by atoms with Gasteiger partial charge in [0.15, 0.2) is 0 Å². The molecule has 1 amide bonds. The van der Waals surface area contributed by atoms with Crippen LogP contribution in [-0.2, 0) is 16.1 Å². The zero-order chi connectivity index (χ0) is 14.8. The molecule has 21 heavy (non-hydrogen) atoms. The van der Waals surface area contributed by atoms with Crippen LogP contribution in [0, 0.1) is 0 Å². The van der Waals surface area contributed by atoms with Crippen molar-refractivity contribution in [1.82, 2.24) is 25.1 Å². The van der Waals surface area contributed by atoms with E-state index in [4.69, 9.17) is 4.74 Å². The van der Waals surface area contributed by atoms with Crippen molar-refractivity contribution in [2.75, 3.05) is 13.1 Å². The molecule has 0 unspecified atom stereocenters. The molecule has 1 aliphatic heterocycles. The van der Waals surface area contributed by atoms with Gasteiger partial charge in [-0.15, -0.1) is 21.5 Å². The molecule has 3 heterocycles. The minimum absolute atomic E-state index is 0.00729. The summed E-state index contributed by atoms with van der Waals surface area (Å²) in [5.41, 5.74) is 0. The van der Waals surface area contributed by atoms with Crippen molar-refractivity contribution in [2.24, 2.45) is 0 Å². The lowest BCUT2D eigenvalue weighted by atomic mass is 10.2. The van der Waals surface area contributed by atoms with E-state index in [1.54, 1.807) is 16.2 Å². The Labute approximate surface area is 126 Å². The molecule has 0 spiro atoms. The quantitative estimate of drug-likeness (QED) is 0.847. The lowest BCUT2D eigenvalue weighted by molar-refractivity contribution is -0.144. The van der Waals surface area contributed by atoms with Crippen LogP contribution in [0.3, 0.4) is 0 Å². The normalized spacial score (nSPS) is 22.5. The van der Waals surface area contributed by atoms with Gasteiger partial charge in [0.1, 0.15) is 6.54 Å². The van der Waals surface area contributed by atoms with Crippen LogP contribution in [0.1, 0.15) is 13.8 Å². The predicted molar refractivity (Wildman–Crippen MR) is 77.7 cm³/mol. The van der Waals surface area contributed by atoms with Gasteiger partial charge in [-0.25, -0.2) is 0 Å². The number of thiophene rings is 1. The number of hydrogen-bond acceptors (Lipinski definition) is 6. The molecule has 1 saturated heterocycles. The number of tetrazole rings is 1. The van der Waals surface area contributed by atoms with E-state index in [2.05, 4.69) is 15.4 Å². The number of carbonyl (C=O) groups is 1. The van der Waals surface area contributed by atoms with Gasteiger partial charge in [0.25, 0.3) is 0 Å². The molecular formula is C13H17N5O2S. The van der Waals surface area contributed by atoms with E-state index < -0.39 is 0 Å². The zero-order valence-electron chi connectivity index (χ0n) is 12.0. The van der Waals surface area contributed by atoms with Crippen molar-refractivity contribution in [3.8, 4) is 10.7 Å². The third-order valence-corrected chi connectivity index (χ3v) is 4.11. The van der Waals surface area contributed by atoms with Crippen LogP contribution in [0.25, 0.3) is 10.7 Å². The predicted octanol–water partition coefficient (Wildman–Crippen LogP) is 1.04. The van der Waals surface area contributed by atoms with E-state index in [0.29, 0.717) is 18.9 Å². The highest BCUT2D eigenvalue weighted by Gasteiger charge is 2.26. The molecule has 0 saturated carbocycles. The summed E-state index contributed by atoms with van der Waals surface area (Å²) in [5.74, 6) is 0.550. The number of nitrogens with zero attached hydrogens (tertiary/aromatic N) is 5. The van der Waals surface area contributed by atoms with E-state index in [1.807, 2.05) is 31.4 Å². The summed E-state index contributed by atoms with van der Waals surface area (Å²) in [4.78, 5) is 16.4. The van der Waals surface area contributed by atoms with Gasteiger partial charge in [-0.2, -0.15) is 4.80 Å². The molecule has 7 nitrogen and oxygen atoms in total. The van der Waals surface area contributed by atoms with Crippen molar-refractivity contribution < 1.29 is 9.53 Å². The van der Waals surface area contributed by atoms with Crippen molar-refractivity contribution in [3.63, 3.8) is 0 Å². The summed E-state index contributed by atoms with van der Waals surface area (Å²) in [6, 6.07) is 3.86. The second-order valence-electron chi connectivity index (χ2n) is 5.18. The fourth-order valence-electron chi connectivity index (χ4n) is 2.42. The lowest BCUT2D eigenvalue weighted by Crippen LogP contribution is -2.49.